The zero-order valence-electron chi connectivity index (χ0n) is 8.91. The van der Waals surface area contributed by atoms with Crippen molar-refractivity contribution in [1.82, 2.24) is 10.0 Å². The topological polar surface area (TPSA) is 58.2 Å². The average Bonchev–Trinajstić information content (AvgIpc) is 2.56. The van der Waals surface area contributed by atoms with Gasteiger partial charge in [0.05, 0.1) is 5.25 Å². The van der Waals surface area contributed by atoms with Crippen LogP contribution < -0.4 is 10.0 Å². The molecule has 0 aliphatic carbocycles. The van der Waals surface area contributed by atoms with Crippen LogP contribution in [0.15, 0.2) is 0 Å². The highest BCUT2D eigenvalue weighted by atomic mass is 32.2. The Hall–Kier alpha value is -0.130. The van der Waals surface area contributed by atoms with Crippen LogP contribution in [0.25, 0.3) is 0 Å². The summed E-state index contributed by atoms with van der Waals surface area (Å²) in [5.74, 6) is 0.643. The molecule has 0 spiro atoms. The van der Waals surface area contributed by atoms with Gasteiger partial charge in [0.1, 0.15) is 0 Å². The molecule has 0 bridgehead atoms. The fourth-order valence-corrected chi connectivity index (χ4v) is 2.27. The predicted octanol–water partition coefficient (Wildman–Crippen LogP) is 0.314. The summed E-state index contributed by atoms with van der Waals surface area (Å²) in [6.45, 7) is 6.07. The van der Waals surface area contributed by atoms with E-state index in [4.69, 9.17) is 0 Å². The van der Waals surface area contributed by atoms with Gasteiger partial charge in [0.25, 0.3) is 0 Å². The molecule has 1 rings (SSSR count). The molecule has 14 heavy (non-hydrogen) atoms. The van der Waals surface area contributed by atoms with Crippen LogP contribution in [0.5, 0.6) is 0 Å². The van der Waals surface area contributed by atoms with Crippen molar-refractivity contribution in [3.05, 3.63) is 0 Å². The molecule has 4 nitrogen and oxygen atoms in total. The first kappa shape index (κ1) is 11.9. The van der Waals surface area contributed by atoms with Crippen LogP contribution in [0.3, 0.4) is 0 Å². The molecular weight excluding hydrogens is 200 g/mol. The van der Waals surface area contributed by atoms with Gasteiger partial charge >= 0.3 is 0 Å². The van der Waals surface area contributed by atoms with Crippen molar-refractivity contribution in [2.75, 3.05) is 19.6 Å². The molecule has 2 N–H and O–H groups in total. The SMILES string of the molecule is CC(C)S(=O)(=O)NCCC1CCNC1. The number of rotatable bonds is 5. The standard InChI is InChI=1S/C9H20N2O2S/c1-8(2)14(12,13)11-6-4-9-3-5-10-7-9/h8-11H,3-7H2,1-2H3. The van der Waals surface area contributed by atoms with E-state index in [1.54, 1.807) is 13.8 Å². The molecule has 1 saturated heterocycles. The van der Waals surface area contributed by atoms with Gasteiger partial charge in [0, 0.05) is 6.54 Å². The smallest absolute Gasteiger partial charge is 0.213 e. The van der Waals surface area contributed by atoms with Crippen molar-refractivity contribution in [3.8, 4) is 0 Å². The van der Waals surface area contributed by atoms with Crippen molar-refractivity contribution in [2.45, 2.75) is 31.9 Å². The van der Waals surface area contributed by atoms with Gasteiger partial charge in [-0.2, -0.15) is 0 Å². The summed E-state index contributed by atoms with van der Waals surface area (Å²) in [5, 5.41) is 2.94. The highest BCUT2D eigenvalue weighted by Crippen LogP contribution is 2.11. The summed E-state index contributed by atoms with van der Waals surface area (Å²) in [6, 6.07) is 0. The molecular formula is C9H20N2O2S. The van der Waals surface area contributed by atoms with Gasteiger partial charge in [0.15, 0.2) is 0 Å². The fourth-order valence-electron chi connectivity index (χ4n) is 1.53. The minimum atomic E-state index is -3.06. The first-order valence-electron chi connectivity index (χ1n) is 5.21. The normalized spacial score (nSPS) is 23.2. The maximum Gasteiger partial charge on any atom is 0.213 e. The van der Waals surface area contributed by atoms with Gasteiger partial charge in [0.2, 0.25) is 10.0 Å². The van der Waals surface area contributed by atoms with Crippen LogP contribution in [0.4, 0.5) is 0 Å². The van der Waals surface area contributed by atoms with Crippen molar-refractivity contribution in [3.63, 3.8) is 0 Å². The Balaban J connectivity index is 2.20. The summed E-state index contributed by atoms with van der Waals surface area (Å²) in [7, 11) is -3.06. The lowest BCUT2D eigenvalue weighted by Gasteiger charge is -2.11. The Labute approximate surface area is 86.5 Å². The molecule has 0 radical (unpaired) electrons. The Kier molecular flexibility index (Phi) is 4.34. The molecule has 1 unspecified atom stereocenters. The lowest BCUT2D eigenvalue weighted by Crippen LogP contribution is -2.32. The third-order valence-corrected chi connectivity index (χ3v) is 4.49. The van der Waals surface area contributed by atoms with Crippen LogP contribution in [0.2, 0.25) is 0 Å². The molecule has 0 amide bonds. The maximum absolute atomic E-state index is 11.4. The molecule has 0 aromatic carbocycles. The predicted molar refractivity (Wildman–Crippen MR) is 57.7 cm³/mol. The minimum absolute atomic E-state index is 0.329. The summed E-state index contributed by atoms with van der Waals surface area (Å²) in [6.07, 6.45) is 2.11. The van der Waals surface area contributed by atoms with Crippen LogP contribution in [-0.2, 0) is 10.0 Å². The quantitative estimate of drug-likeness (QED) is 0.701. The molecule has 1 aliphatic heterocycles. The maximum atomic E-state index is 11.4. The first-order valence-corrected chi connectivity index (χ1v) is 6.76. The van der Waals surface area contributed by atoms with Gasteiger partial charge in [-0.05, 0) is 45.7 Å². The number of nitrogens with one attached hydrogen (secondary N) is 2. The monoisotopic (exact) mass is 220 g/mol. The van der Waals surface area contributed by atoms with E-state index in [0.717, 1.165) is 19.5 Å². The van der Waals surface area contributed by atoms with E-state index in [9.17, 15) is 8.42 Å². The van der Waals surface area contributed by atoms with Crippen LogP contribution >= 0.6 is 0 Å². The Morgan fingerprint density at radius 1 is 1.50 bits per heavy atom. The summed E-state index contributed by atoms with van der Waals surface area (Å²) in [4.78, 5) is 0. The molecule has 1 atom stereocenters. The summed E-state index contributed by atoms with van der Waals surface area (Å²) < 4.78 is 25.4. The Morgan fingerprint density at radius 2 is 2.21 bits per heavy atom. The molecule has 0 aromatic rings. The number of sulfonamides is 1. The van der Waals surface area contributed by atoms with Gasteiger partial charge < -0.3 is 5.32 Å². The van der Waals surface area contributed by atoms with E-state index in [0.29, 0.717) is 12.5 Å². The largest absolute Gasteiger partial charge is 0.316 e. The van der Waals surface area contributed by atoms with E-state index >= 15 is 0 Å². The molecule has 0 aromatic heterocycles. The van der Waals surface area contributed by atoms with Crippen LogP contribution in [0, 0.1) is 5.92 Å². The second kappa shape index (κ2) is 5.09. The van der Waals surface area contributed by atoms with Gasteiger partial charge in [-0.1, -0.05) is 0 Å². The zero-order valence-corrected chi connectivity index (χ0v) is 9.73. The van der Waals surface area contributed by atoms with Crippen molar-refractivity contribution in [2.24, 2.45) is 5.92 Å². The minimum Gasteiger partial charge on any atom is -0.316 e. The second-order valence-electron chi connectivity index (χ2n) is 4.14. The second-order valence-corrected chi connectivity index (χ2v) is 6.46. The highest BCUT2D eigenvalue weighted by molar-refractivity contribution is 7.90. The van der Waals surface area contributed by atoms with Gasteiger partial charge in [-0.3, -0.25) is 0 Å². The first-order chi connectivity index (χ1) is 6.52. The lowest BCUT2D eigenvalue weighted by atomic mass is 10.1. The van der Waals surface area contributed by atoms with Crippen molar-refractivity contribution in [1.29, 1.82) is 0 Å². The Morgan fingerprint density at radius 3 is 2.71 bits per heavy atom. The summed E-state index contributed by atoms with van der Waals surface area (Å²) in [5.41, 5.74) is 0. The Bertz CT molecular complexity index is 256. The van der Waals surface area contributed by atoms with E-state index in [2.05, 4.69) is 10.0 Å². The zero-order chi connectivity index (χ0) is 10.6. The molecule has 1 aliphatic rings. The number of hydrogen-bond acceptors (Lipinski definition) is 3. The van der Waals surface area contributed by atoms with Gasteiger partial charge in [-0.15, -0.1) is 0 Å². The van der Waals surface area contributed by atoms with E-state index in [1.165, 1.54) is 6.42 Å². The molecule has 84 valence electrons. The molecule has 0 saturated carbocycles. The lowest BCUT2D eigenvalue weighted by molar-refractivity contribution is 0.517. The van der Waals surface area contributed by atoms with E-state index < -0.39 is 10.0 Å². The van der Waals surface area contributed by atoms with E-state index in [-0.39, 0.29) is 5.25 Å². The summed E-state index contributed by atoms with van der Waals surface area (Å²) >= 11 is 0. The third kappa shape index (κ3) is 3.55. The molecule has 1 fully saturated rings. The molecule has 1 heterocycles. The molecule has 5 heteroatoms. The third-order valence-electron chi connectivity index (χ3n) is 2.64. The van der Waals surface area contributed by atoms with Crippen molar-refractivity contribution < 1.29 is 8.42 Å². The van der Waals surface area contributed by atoms with Crippen LogP contribution in [0.1, 0.15) is 26.7 Å². The van der Waals surface area contributed by atoms with Crippen LogP contribution in [-0.4, -0.2) is 33.3 Å². The van der Waals surface area contributed by atoms with E-state index in [1.807, 2.05) is 0 Å². The highest BCUT2D eigenvalue weighted by Gasteiger charge is 2.17. The number of hydrogen-bond donors (Lipinski definition) is 2. The van der Waals surface area contributed by atoms with Crippen molar-refractivity contribution >= 4 is 10.0 Å². The van der Waals surface area contributed by atoms with Gasteiger partial charge in [-0.25, -0.2) is 13.1 Å². The fraction of sp³-hybridized carbons (Fsp3) is 1.00. The average molecular weight is 220 g/mol.